The second kappa shape index (κ2) is 4.47. The molecule has 0 aliphatic carbocycles. The topological polar surface area (TPSA) is 94.9 Å². The molecule has 2 aromatic rings. The molecule has 2 heterocycles. The highest BCUT2D eigenvalue weighted by atomic mass is 16.7. The second-order valence-corrected chi connectivity index (χ2v) is 4.42. The zero-order valence-electron chi connectivity index (χ0n) is 10.1. The average molecular weight is 263 g/mol. The predicted molar refractivity (Wildman–Crippen MR) is 66.4 cm³/mol. The normalized spacial score (nSPS) is 14.8. The number of benzene rings is 1. The van der Waals surface area contributed by atoms with Crippen LogP contribution in [0.5, 0.6) is 11.5 Å². The van der Waals surface area contributed by atoms with Crippen molar-refractivity contribution in [2.75, 3.05) is 13.3 Å². The molecule has 1 unspecified atom stereocenters. The third kappa shape index (κ3) is 2.10. The number of carboxylic acids is 1. The zero-order chi connectivity index (χ0) is 13.4. The third-order valence-corrected chi connectivity index (χ3v) is 3.14. The van der Waals surface area contributed by atoms with E-state index in [4.69, 9.17) is 24.7 Å². The minimum absolute atomic E-state index is 0.0525. The van der Waals surface area contributed by atoms with Crippen LogP contribution < -0.4 is 15.2 Å². The van der Waals surface area contributed by atoms with Crippen LogP contribution in [-0.2, 0) is 4.79 Å². The largest absolute Gasteiger partial charge is 0.481 e. The Bertz CT molecular complexity index is 592. The number of furan rings is 1. The van der Waals surface area contributed by atoms with E-state index in [0.29, 0.717) is 22.8 Å². The first-order chi connectivity index (χ1) is 9.17. The maximum absolute atomic E-state index is 10.8. The van der Waals surface area contributed by atoms with Crippen molar-refractivity contribution in [2.24, 2.45) is 5.73 Å². The summed E-state index contributed by atoms with van der Waals surface area (Å²) >= 11 is 0. The Hall–Kier alpha value is -2.21. The Morgan fingerprint density at radius 1 is 1.32 bits per heavy atom. The van der Waals surface area contributed by atoms with Crippen molar-refractivity contribution >= 4 is 16.9 Å². The van der Waals surface area contributed by atoms with Gasteiger partial charge in [0.2, 0.25) is 6.79 Å². The van der Waals surface area contributed by atoms with E-state index < -0.39 is 5.97 Å². The first-order valence-electron chi connectivity index (χ1n) is 5.92. The van der Waals surface area contributed by atoms with Crippen LogP contribution in [0.2, 0.25) is 0 Å². The van der Waals surface area contributed by atoms with Crippen molar-refractivity contribution in [2.45, 2.75) is 12.3 Å². The average Bonchev–Trinajstić information content (AvgIpc) is 2.97. The van der Waals surface area contributed by atoms with Crippen LogP contribution in [0.25, 0.3) is 11.0 Å². The number of rotatable bonds is 4. The molecule has 0 spiro atoms. The third-order valence-electron chi connectivity index (χ3n) is 3.14. The predicted octanol–water partition coefficient (Wildman–Crippen LogP) is 1.68. The van der Waals surface area contributed by atoms with Crippen molar-refractivity contribution in [3.8, 4) is 11.5 Å². The van der Waals surface area contributed by atoms with Crippen LogP contribution in [0, 0.1) is 0 Å². The molecule has 0 amide bonds. The van der Waals surface area contributed by atoms with E-state index in [0.717, 1.165) is 5.39 Å². The number of aliphatic carboxylic acids is 1. The van der Waals surface area contributed by atoms with Crippen molar-refractivity contribution in [1.29, 1.82) is 0 Å². The summed E-state index contributed by atoms with van der Waals surface area (Å²) in [4.78, 5) is 10.8. The van der Waals surface area contributed by atoms with Gasteiger partial charge in [0.05, 0.1) is 6.42 Å². The Morgan fingerprint density at radius 3 is 2.74 bits per heavy atom. The zero-order valence-corrected chi connectivity index (χ0v) is 10.1. The van der Waals surface area contributed by atoms with E-state index in [9.17, 15) is 4.79 Å². The summed E-state index contributed by atoms with van der Waals surface area (Å²) in [6, 6.07) is 5.37. The van der Waals surface area contributed by atoms with E-state index in [1.165, 1.54) is 0 Å². The van der Waals surface area contributed by atoms with Crippen LogP contribution >= 0.6 is 0 Å². The smallest absolute Gasteiger partial charge is 0.304 e. The quantitative estimate of drug-likeness (QED) is 0.871. The fourth-order valence-electron chi connectivity index (χ4n) is 2.16. The Kier molecular flexibility index (Phi) is 2.79. The summed E-state index contributed by atoms with van der Waals surface area (Å²) < 4.78 is 16.2. The van der Waals surface area contributed by atoms with E-state index in [2.05, 4.69) is 0 Å². The number of carboxylic acid groups (broad SMARTS) is 1. The highest BCUT2D eigenvalue weighted by molar-refractivity contribution is 5.82. The number of hydrogen-bond acceptors (Lipinski definition) is 5. The van der Waals surface area contributed by atoms with Gasteiger partial charge in [-0.25, -0.2) is 0 Å². The SMILES string of the molecule is NCC(CC(=O)O)c1cc2cc3c(cc2o1)OCO3. The molecular weight excluding hydrogens is 250 g/mol. The highest BCUT2D eigenvalue weighted by Gasteiger charge is 2.21. The van der Waals surface area contributed by atoms with E-state index in [1.807, 2.05) is 6.07 Å². The Morgan fingerprint density at radius 2 is 2.05 bits per heavy atom. The van der Waals surface area contributed by atoms with Crippen LogP contribution in [-0.4, -0.2) is 24.4 Å². The molecule has 19 heavy (non-hydrogen) atoms. The van der Waals surface area contributed by atoms with Gasteiger partial charge < -0.3 is 24.7 Å². The van der Waals surface area contributed by atoms with Gasteiger partial charge in [-0.05, 0) is 12.1 Å². The van der Waals surface area contributed by atoms with Gasteiger partial charge in [0.15, 0.2) is 11.5 Å². The summed E-state index contributed by atoms with van der Waals surface area (Å²) in [5, 5.41) is 9.70. The number of fused-ring (bicyclic) bond motifs is 2. The summed E-state index contributed by atoms with van der Waals surface area (Å²) in [6.45, 7) is 0.429. The summed E-state index contributed by atoms with van der Waals surface area (Å²) in [7, 11) is 0. The maximum atomic E-state index is 10.8. The summed E-state index contributed by atoms with van der Waals surface area (Å²) in [5.41, 5.74) is 6.24. The van der Waals surface area contributed by atoms with Crippen molar-refractivity contribution in [1.82, 2.24) is 0 Å². The van der Waals surface area contributed by atoms with Gasteiger partial charge in [-0.15, -0.1) is 0 Å². The molecule has 100 valence electrons. The van der Waals surface area contributed by atoms with E-state index in [1.54, 1.807) is 12.1 Å². The van der Waals surface area contributed by atoms with Crippen molar-refractivity contribution in [3.05, 3.63) is 24.0 Å². The maximum Gasteiger partial charge on any atom is 0.304 e. The van der Waals surface area contributed by atoms with Crippen LogP contribution in [0.1, 0.15) is 18.1 Å². The lowest BCUT2D eigenvalue weighted by Gasteiger charge is -2.07. The van der Waals surface area contributed by atoms with Crippen LogP contribution in [0.3, 0.4) is 0 Å². The fraction of sp³-hybridized carbons (Fsp3) is 0.308. The molecule has 1 aliphatic rings. The van der Waals surface area contributed by atoms with Gasteiger partial charge in [-0.3, -0.25) is 4.79 Å². The Labute approximate surface area is 108 Å². The lowest BCUT2D eigenvalue weighted by molar-refractivity contribution is -0.137. The molecule has 1 aliphatic heterocycles. The minimum Gasteiger partial charge on any atom is -0.481 e. The molecule has 3 rings (SSSR count). The highest BCUT2D eigenvalue weighted by Crippen LogP contribution is 2.38. The molecule has 3 N–H and O–H groups in total. The van der Waals surface area contributed by atoms with Gasteiger partial charge >= 0.3 is 5.97 Å². The summed E-state index contributed by atoms with van der Waals surface area (Å²) in [5.74, 6) is 0.647. The van der Waals surface area contributed by atoms with Crippen LogP contribution in [0.4, 0.5) is 0 Å². The van der Waals surface area contributed by atoms with E-state index in [-0.39, 0.29) is 25.7 Å². The van der Waals surface area contributed by atoms with Crippen LogP contribution in [0.15, 0.2) is 22.6 Å². The van der Waals surface area contributed by atoms with Gasteiger partial charge in [0.1, 0.15) is 11.3 Å². The molecule has 0 bridgehead atoms. The molecule has 0 fully saturated rings. The lowest BCUT2D eigenvalue weighted by Crippen LogP contribution is -2.15. The van der Waals surface area contributed by atoms with Gasteiger partial charge in [0, 0.05) is 23.9 Å². The first-order valence-corrected chi connectivity index (χ1v) is 5.92. The fourth-order valence-corrected chi connectivity index (χ4v) is 2.16. The number of nitrogens with two attached hydrogens (primary N) is 1. The molecule has 6 nitrogen and oxygen atoms in total. The summed E-state index contributed by atoms with van der Waals surface area (Å²) in [6.07, 6.45) is -0.0525. The first kappa shape index (κ1) is 11.9. The van der Waals surface area contributed by atoms with E-state index >= 15 is 0 Å². The minimum atomic E-state index is -0.898. The van der Waals surface area contributed by atoms with Crippen molar-refractivity contribution in [3.63, 3.8) is 0 Å². The standard InChI is InChI=1S/C13H13NO5/c14-5-8(3-13(15)16)9-1-7-2-11-12(18-6-17-11)4-10(7)19-9/h1-2,4,8H,3,5-6,14H2,(H,15,16). The lowest BCUT2D eigenvalue weighted by atomic mass is 10.0. The molecule has 0 saturated carbocycles. The molecule has 1 aromatic heterocycles. The molecule has 6 heteroatoms. The molecule has 1 aromatic carbocycles. The van der Waals surface area contributed by atoms with Crippen molar-refractivity contribution < 1.29 is 23.8 Å². The molecule has 0 radical (unpaired) electrons. The van der Waals surface area contributed by atoms with Gasteiger partial charge in [-0.2, -0.15) is 0 Å². The van der Waals surface area contributed by atoms with Gasteiger partial charge in [0.25, 0.3) is 0 Å². The molecule has 1 atom stereocenters. The van der Waals surface area contributed by atoms with Gasteiger partial charge in [-0.1, -0.05) is 0 Å². The number of ether oxygens (including phenoxy) is 2. The Balaban J connectivity index is 1.99. The monoisotopic (exact) mass is 263 g/mol. The number of hydrogen-bond donors (Lipinski definition) is 2. The molecular formula is C13H13NO5. The second-order valence-electron chi connectivity index (χ2n) is 4.42. The number of carbonyl (C=O) groups is 1. The molecule has 0 saturated heterocycles.